The van der Waals surface area contributed by atoms with Gasteiger partial charge >= 0.3 is 8.80 Å². The van der Waals surface area contributed by atoms with Crippen LogP contribution in [-0.2, 0) is 13.3 Å². The maximum atomic E-state index is 6.47. The number of nitrogens with zero attached hydrogens (tertiary/aromatic N) is 1. The molecule has 0 rings (SSSR count). The van der Waals surface area contributed by atoms with E-state index in [2.05, 4.69) is 48.5 Å². The second kappa shape index (κ2) is 17.7. The fourth-order valence-corrected chi connectivity index (χ4v) is 8.42. The molecule has 29 heavy (non-hydrogen) atoms. The van der Waals surface area contributed by atoms with E-state index in [1.165, 1.54) is 77.4 Å². The van der Waals surface area contributed by atoms with Crippen molar-refractivity contribution in [2.24, 2.45) is 0 Å². The third-order valence-corrected chi connectivity index (χ3v) is 9.96. The molecule has 0 bridgehead atoms. The van der Waals surface area contributed by atoms with Gasteiger partial charge in [0, 0.05) is 26.2 Å². The Bertz CT molecular complexity index is 324. The van der Waals surface area contributed by atoms with Gasteiger partial charge < -0.3 is 17.8 Å². The Morgan fingerprint density at radius 3 is 1.14 bits per heavy atom. The minimum absolute atomic E-state index is 0.341. The standard InChI is InChI=1S/C24H54NO3Si/c1-8-15-18-21-25(22-19-16-9-2,23-20-17-10-3)24(11-4)29(26-12-5,27-13-6)28-14-7/h24H,8-23H2,1-7H3/q+1. The summed E-state index contributed by atoms with van der Waals surface area (Å²) in [5.74, 6) is 0. The Labute approximate surface area is 184 Å². The van der Waals surface area contributed by atoms with Crippen LogP contribution in [0.4, 0.5) is 0 Å². The Morgan fingerprint density at radius 2 is 0.897 bits per heavy atom. The highest BCUT2D eigenvalue weighted by atomic mass is 28.4. The summed E-state index contributed by atoms with van der Waals surface area (Å²) in [7, 11) is -2.77. The van der Waals surface area contributed by atoms with Crippen molar-refractivity contribution in [1.82, 2.24) is 0 Å². The monoisotopic (exact) mass is 432 g/mol. The lowest BCUT2D eigenvalue weighted by Gasteiger charge is -2.49. The van der Waals surface area contributed by atoms with Gasteiger partial charge in [0.1, 0.15) is 0 Å². The molecule has 0 aliphatic carbocycles. The van der Waals surface area contributed by atoms with Gasteiger partial charge in [-0.3, -0.25) is 0 Å². The van der Waals surface area contributed by atoms with Crippen molar-refractivity contribution in [3.8, 4) is 0 Å². The van der Waals surface area contributed by atoms with E-state index in [9.17, 15) is 0 Å². The van der Waals surface area contributed by atoms with E-state index in [0.29, 0.717) is 25.5 Å². The number of unbranched alkanes of at least 4 members (excludes halogenated alkanes) is 6. The Kier molecular flexibility index (Phi) is 17.7. The maximum Gasteiger partial charge on any atom is 0.562 e. The molecule has 4 nitrogen and oxygen atoms in total. The zero-order chi connectivity index (χ0) is 22.0. The topological polar surface area (TPSA) is 27.7 Å². The molecule has 5 heteroatoms. The lowest BCUT2D eigenvalue weighted by atomic mass is 10.1. The molecule has 1 unspecified atom stereocenters. The van der Waals surface area contributed by atoms with E-state index in [4.69, 9.17) is 13.3 Å². The molecular formula is C24H54NO3Si+. The molecule has 0 aliphatic rings. The van der Waals surface area contributed by atoms with Crippen LogP contribution in [0, 0.1) is 0 Å². The summed E-state index contributed by atoms with van der Waals surface area (Å²) in [6, 6.07) is 0. The van der Waals surface area contributed by atoms with Gasteiger partial charge in [0.15, 0.2) is 5.67 Å². The van der Waals surface area contributed by atoms with Crippen LogP contribution in [0.15, 0.2) is 0 Å². The molecule has 0 radical (unpaired) electrons. The summed E-state index contributed by atoms with van der Waals surface area (Å²) in [5.41, 5.74) is 0.341. The number of quaternary nitrogens is 1. The summed E-state index contributed by atoms with van der Waals surface area (Å²) in [5, 5.41) is 0. The van der Waals surface area contributed by atoms with E-state index < -0.39 is 8.80 Å². The molecule has 0 fully saturated rings. The minimum Gasteiger partial charge on any atom is -0.370 e. The number of hydrogen-bond donors (Lipinski definition) is 0. The summed E-state index contributed by atoms with van der Waals surface area (Å²) in [6.07, 6.45) is 12.7. The average Bonchev–Trinajstić information content (AvgIpc) is 2.69. The first-order valence-electron chi connectivity index (χ1n) is 12.8. The van der Waals surface area contributed by atoms with Crippen LogP contribution in [0.1, 0.15) is 113 Å². The Hall–Kier alpha value is 0.0569. The normalized spacial score (nSPS) is 13.8. The van der Waals surface area contributed by atoms with Crippen molar-refractivity contribution < 1.29 is 17.8 Å². The van der Waals surface area contributed by atoms with Crippen molar-refractivity contribution in [1.29, 1.82) is 0 Å². The van der Waals surface area contributed by atoms with Gasteiger partial charge in [0.05, 0.1) is 19.6 Å². The molecule has 1 atom stereocenters. The lowest BCUT2D eigenvalue weighted by molar-refractivity contribution is -0.944. The van der Waals surface area contributed by atoms with Crippen LogP contribution < -0.4 is 0 Å². The summed E-state index contributed by atoms with van der Waals surface area (Å²) < 4.78 is 20.5. The second-order valence-corrected chi connectivity index (χ2v) is 11.1. The molecule has 0 aromatic rings. The predicted molar refractivity (Wildman–Crippen MR) is 128 cm³/mol. The van der Waals surface area contributed by atoms with Crippen molar-refractivity contribution >= 4 is 8.80 Å². The molecule has 0 N–H and O–H groups in total. The lowest BCUT2D eigenvalue weighted by Crippen LogP contribution is -2.71. The molecule has 0 aromatic heterocycles. The molecule has 0 amide bonds. The van der Waals surface area contributed by atoms with Crippen LogP contribution in [-0.4, -0.2) is 58.4 Å². The van der Waals surface area contributed by atoms with E-state index >= 15 is 0 Å². The molecule has 0 aliphatic heterocycles. The molecule has 0 spiro atoms. The first-order chi connectivity index (χ1) is 14.1. The number of rotatable bonds is 21. The fourth-order valence-electron chi connectivity index (χ4n) is 4.82. The maximum absolute atomic E-state index is 6.47. The molecule has 0 saturated carbocycles. The van der Waals surface area contributed by atoms with Gasteiger partial charge in [-0.25, -0.2) is 0 Å². The molecule has 176 valence electrons. The van der Waals surface area contributed by atoms with Crippen molar-refractivity contribution in [2.75, 3.05) is 39.5 Å². The third kappa shape index (κ3) is 9.81. The zero-order valence-corrected chi connectivity index (χ0v) is 22.1. The van der Waals surface area contributed by atoms with Crippen molar-refractivity contribution in [3.05, 3.63) is 0 Å². The van der Waals surface area contributed by atoms with E-state index in [-0.39, 0.29) is 0 Å². The van der Waals surface area contributed by atoms with Crippen LogP contribution in [0.25, 0.3) is 0 Å². The van der Waals surface area contributed by atoms with Crippen LogP contribution >= 0.6 is 0 Å². The summed E-state index contributed by atoms with van der Waals surface area (Å²) in [6.45, 7) is 21.2. The van der Waals surface area contributed by atoms with E-state index in [0.717, 1.165) is 10.9 Å². The predicted octanol–water partition coefficient (Wildman–Crippen LogP) is 6.74. The quantitative estimate of drug-likeness (QED) is 0.114. The minimum atomic E-state index is -2.77. The van der Waals surface area contributed by atoms with Crippen molar-refractivity contribution in [2.45, 2.75) is 118 Å². The third-order valence-electron chi connectivity index (χ3n) is 6.11. The molecule has 0 aromatic carbocycles. The largest absolute Gasteiger partial charge is 0.562 e. The average molecular weight is 433 g/mol. The molecule has 0 saturated heterocycles. The van der Waals surface area contributed by atoms with Gasteiger partial charge in [-0.05, 0) is 59.3 Å². The first-order valence-corrected chi connectivity index (χ1v) is 14.6. The number of hydrogen-bond acceptors (Lipinski definition) is 3. The van der Waals surface area contributed by atoms with Gasteiger partial charge in [0.2, 0.25) is 0 Å². The van der Waals surface area contributed by atoms with Crippen LogP contribution in [0.5, 0.6) is 0 Å². The Morgan fingerprint density at radius 1 is 0.552 bits per heavy atom. The first kappa shape index (κ1) is 29.1. The van der Waals surface area contributed by atoms with Crippen LogP contribution in [0.3, 0.4) is 0 Å². The summed E-state index contributed by atoms with van der Waals surface area (Å²) >= 11 is 0. The highest BCUT2D eigenvalue weighted by Gasteiger charge is 2.58. The van der Waals surface area contributed by atoms with Crippen molar-refractivity contribution in [3.63, 3.8) is 0 Å². The SMILES string of the molecule is CCCCC[N+](CCCCC)(CCCCC)C(CC)[Si](OCC)(OCC)OCC. The van der Waals surface area contributed by atoms with Gasteiger partial charge in [-0.15, -0.1) is 0 Å². The highest BCUT2D eigenvalue weighted by Crippen LogP contribution is 2.31. The fraction of sp³-hybridized carbons (Fsp3) is 1.00. The summed E-state index contributed by atoms with van der Waals surface area (Å²) in [4.78, 5) is 0. The van der Waals surface area contributed by atoms with E-state index in [1.807, 2.05) is 0 Å². The zero-order valence-electron chi connectivity index (χ0n) is 21.1. The Balaban J connectivity index is 6.10. The molecule has 0 heterocycles. The van der Waals surface area contributed by atoms with Gasteiger partial charge in [-0.1, -0.05) is 47.0 Å². The van der Waals surface area contributed by atoms with Crippen LogP contribution in [0.2, 0.25) is 0 Å². The van der Waals surface area contributed by atoms with Gasteiger partial charge in [0.25, 0.3) is 0 Å². The molecular weight excluding hydrogens is 378 g/mol. The van der Waals surface area contributed by atoms with Gasteiger partial charge in [-0.2, -0.15) is 0 Å². The second-order valence-electron chi connectivity index (χ2n) is 8.34. The smallest absolute Gasteiger partial charge is 0.370 e. The highest BCUT2D eigenvalue weighted by molar-refractivity contribution is 6.62. The van der Waals surface area contributed by atoms with E-state index in [1.54, 1.807) is 0 Å².